The molecule has 6 nitrogen and oxygen atoms in total. The summed E-state index contributed by atoms with van der Waals surface area (Å²) in [5, 5.41) is 23.2. The van der Waals surface area contributed by atoms with Crippen molar-refractivity contribution in [3.05, 3.63) is 24.3 Å². The van der Waals surface area contributed by atoms with Crippen molar-refractivity contribution in [2.75, 3.05) is 13.2 Å². The lowest BCUT2D eigenvalue weighted by Crippen LogP contribution is -2.45. The summed E-state index contributed by atoms with van der Waals surface area (Å²) in [5.74, 6) is -0.104. The molecular weight excluding hydrogens is 875 g/mol. The van der Waals surface area contributed by atoms with Crippen molar-refractivity contribution < 1.29 is 24.5 Å². The minimum absolute atomic E-state index is 0.00965. The van der Waals surface area contributed by atoms with E-state index in [9.17, 15) is 19.8 Å². The van der Waals surface area contributed by atoms with Crippen LogP contribution in [0.5, 0.6) is 0 Å². The molecule has 0 bridgehead atoms. The van der Waals surface area contributed by atoms with E-state index in [2.05, 4.69) is 31.3 Å². The minimum Gasteiger partial charge on any atom is -0.466 e. The standard InChI is InChI=1S/C65H125NO5/c1-3-5-7-9-11-13-15-17-19-21-22-23-24-25-26-27-28-29-30-33-37-41-45-49-53-57-63(68)62(61-67)66-64(69)58-54-50-46-42-38-34-32-36-40-44-48-52-56-60-71-65(70)59-55-51-47-43-39-35-31-20-18-16-14-12-10-8-6-4-2/h34,38,53,57,62-63,67-68H,3-33,35-37,39-52,54-56,58-61H2,1-2H3,(H,66,69)/b38-34-,57-53+. The molecule has 0 spiro atoms. The zero-order chi connectivity index (χ0) is 51.4. The van der Waals surface area contributed by atoms with Crippen LogP contribution in [0.2, 0.25) is 0 Å². The Morgan fingerprint density at radius 1 is 0.380 bits per heavy atom. The molecule has 0 radical (unpaired) electrons. The van der Waals surface area contributed by atoms with Crippen LogP contribution in [0.1, 0.15) is 354 Å². The first-order valence-corrected chi connectivity index (χ1v) is 32.1. The average Bonchev–Trinajstić information content (AvgIpc) is 3.37. The maximum Gasteiger partial charge on any atom is 0.305 e. The van der Waals surface area contributed by atoms with Crippen molar-refractivity contribution in [1.29, 1.82) is 0 Å². The average molecular weight is 1000 g/mol. The predicted octanol–water partition coefficient (Wildman–Crippen LogP) is 20.2. The summed E-state index contributed by atoms with van der Waals surface area (Å²) < 4.78 is 5.48. The van der Waals surface area contributed by atoms with Gasteiger partial charge < -0.3 is 20.3 Å². The Bertz CT molecular complexity index is 1110. The number of aliphatic hydroxyl groups excluding tert-OH is 2. The van der Waals surface area contributed by atoms with Crippen LogP contribution in [0.25, 0.3) is 0 Å². The lowest BCUT2D eigenvalue weighted by atomic mass is 10.0. The van der Waals surface area contributed by atoms with E-state index >= 15 is 0 Å². The molecule has 0 heterocycles. The summed E-state index contributed by atoms with van der Waals surface area (Å²) in [4.78, 5) is 24.6. The second kappa shape index (κ2) is 60.9. The highest BCUT2D eigenvalue weighted by molar-refractivity contribution is 5.76. The molecule has 0 saturated carbocycles. The van der Waals surface area contributed by atoms with Crippen molar-refractivity contribution in [2.24, 2.45) is 0 Å². The summed E-state index contributed by atoms with van der Waals surface area (Å²) in [6, 6.07) is -0.649. The van der Waals surface area contributed by atoms with Crippen LogP contribution in [-0.2, 0) is 14.3 Å². The van der Waals surface area contributed by atoms with E-state index in [-0.39, 0.29) is 18.5 Å². The third kappa shape index (κ3) is 57.5. The molecule has 2 atom stereocenters. The Hall–Kier alpha value is -1.66. The van der Waals surface area contributed by atoms with E-state index in [0.717, 1.165) is 70.6 Å². The molecule has 2 unspecified atom stereocenters. The molecular formula is C65H125NO5. The summed E-state index contributed by atoms with van der Waals surface area (Å²) in [6.45, 7) is 4.89. The first-order valence-electron chi connectivity index (χ1n) is 32.1. The van der Waals surface area contributed by atoms with Gasteiger partial charge in [-0.1, -0.05) is 308 Å². The van der Waals surface area contributed by atoms with Crippen molar-refractivity contribution in [3.8, 4) is 0 Å². The zero-order valence-electron chi connectivity index (χ0n) is 48.0. The Morgan fingerprint density at radius 2 is 0.662 bits per heavy atom. The van der Waals surface area contributed by atoms with Crippen molar-refractivity contribution in [3.63, 3.8) is 0 Å². The number of ether oxygens (including phenoxy) is 1. The molecule has 0 fully saturated rings. The molecule has 0 aromatic rings. The lowest BCUT2D eigenvalue weighted by Gasteiger charge is -2.19. The molecule has 6 heteroatoms. The smallest absolute Gasteiger partial charge is 0.305 e. The molecule has 0 aromatic carbocycles. The van der Waals surface area contributed by atoms with Gasteiger partial charge in [-0.2, -0.15) is 0 Å². The molecule has 420 valence electrons. The van der Waals surface area contributed by atoms with Crippen molar-refractivity contribution >= 4 is 11.9 Å². The number of aliphatic hydroxyl groups is 2. The van der Waals surface area contributed by atoms with Gasteiger partial charge in [0.25, 0.3) is 0 Å². The summed E-state index contributed by atoms with van der Waals surface area (Å²) >= 11 is 0. The topological polar surface area (TPSA) is 95.9 Å². The molecule has 0 aliphatic rings. The number of nitrogens with one attached hydrogen (secondary N) is 1. The fourth-order valence-electron chi connectivity index (χ4n) is 10.0. The fourth-order valence-corrected chi connectivity index (χ4v) is 10.0. The number of hydrogen-bond acceptors (Lipinski definition) is 5. The second-order valence-corrected chi connectivity index (χ2v) is 22.1. The van der Waals surface area contributed by atoms with E-state index in [1.54, 1.807) is 6.08 Å². The lowest BCUT2D eigenvalue weighted by molar-refractivity contribution is -0.143. The number of allylic oxidation sites excluding steroid dienone is 3. The number of carbonyl (C=O) groups is 2. The number of amides is 1. The van der Waals surface area contributed by atoms with Crippen LogP contribution < -0.4 is 5.32 Å². The van der Waals surface area contributed by atoms with E-state index in [1.165, 1.54) is 257 Å². The number of esters is 1. The molecule has 0 aromatic heterocycles. The zero-order valence-corrected chi connectivity index (χ0v) is 48.0. The maximum absolute atomic E-state index is 12.5. The number of unbranched alkanes of at least 4 members (excludes halogenated alkanes) is 47. The van der Waals surface area contributed by atoms with Gasteiger partial charge in [0.05, 0.1) is 25.4 Å². The molecule has 0 aliphatic carbocycles. The highest BCUT2D eigenvalue weighted by atomic mass is 16.5. The van der Waals surface area contributed by atoms with Crippen LogP contribution in [0.3, 0.4) is 0 Å². The third-order valence-corrected chi connectivity index (χ3v) is 15.0. The Balaban J connectivity index is 3.49. The van der Waals surface area contributed by atoms with E-state index < -0.39 is 12.1 Å². The van der Waals surface area contributed by atoms with Gasteiger partial charge >= 0.3 is 5.97 Å². The van der Waals surface area contributed by atoms with Gasteiger partial charge in [0.1, 0.15) is 0 Å². The minimum atomic E-state index is -0.863. The van der Waals surface area contributed by atoms with Crippen LogP contribution in [0, 0.1) is 0 Å². The maximum atomic E-state index is 12.5. The van der Waals surface area contributed by atoms with E-state index in [4.69, 9.17) is 4.74 Å². The SMILES string of the molecule is CCCCCCCCCCCCCCCCCCCCCCCCC/C=C/C(O)C(CO)NC(=O)CCCCC/C=C\CCCCCCCCOC(=O)CCCCCCCCCCCCCCCCCC. The van der Waals surface area contributed by atoms with Gasteiger partial charge in [0.15, 0.2) is 0 Å². The first kappa shape index (κ1) is 69.3. The number of rotatable bonds is 60. The molecule has 0 aliphatic heterocycles. The van der Waals surface area contributed by atoms with Gasteiger partial charge in [-0.15, -0.1) is 0 Å². The quantitative estimate of drug-likeness (QED) is 0.0320. The summed E-state index contributed by atoms with van der Waals surface area (Å²) in [7, 11) is 0. The van der Waals surface area contributed by atoms with Gasteiger partial charge in [-0.05, 0) is 57.8 Å². The first-order chi connectivity index (χ1) is 35.0. The molecule has 1 amide bonds. The van der Waals surface area contributed by atoms with Gasteiger partial charge in [0, 0.05) is 12.8 Å². The van der Waals surface area contributed by atoms with Gasteiger partial charge in [0.2, 0.25) is 5.91 Å². The Morgan fingerprint density at radius 3 is 1.01 bits per heavy atom. The van der Waals surface area contributed by atoms with Crippen molar-refractivity contribution in [1.82, 2.24) is 5.32 Å². The number of carbonyl (C=O) groups excluding carboxylic acids is 2. The molecule has 3 N–H and O–H groups in total. The van der Waals surface area contributed by atoms with Gasteiger partial charge in [-0.25, -0.2) is 0 Å². The Labute approximate surface area is 443 Å². The predicted molar refractivity (Wildman–Crippen MR) is 310 cm³/mol. The molecule has 0 rings (SSSR count). The third-order valence-electron chi connectivity index (χ3n) is 15.0. The van der Waals surface area contributed by atoms with Crippen LogP contribution in [-0.4, -0.2) is 47.4 Å². The number of hydrogen-bond donors (Lipinski definition) is 3. The Kier molecular flexibility index (Phi) is 59.5. The largest absolute Gasteiger partial charge is 0.466 e. The summed E-state index contributed by atoms with van der Waals surface area (Å²) in [6.07, 6.45) is 75.1. The monoisotopic (exact) mass is 1000 g/mol. The van der Waals surface area contributed by atoms with E-state index in [0.29, 0.717) is 19.4 Å². The summed E-state index contributed by atoms with van der Waals surface area (Å²) in [5.41, 5.74) is 0. The van der Waals surface area contributed by atoms with Crippen LogP contribution >= 0.6 is 0 Å². The highest BCUT2D eigenvalue weighted by Crippen LogP contribution is 2.18. The van der Waals surface area contributed by atoms with Crippen LogP contribution in [0.4, 0.5) is 0 Å². The normalized spacial score (nSPS) is 12.7. The van der Waals surface area contributed by atoms with Crippen LogP contribution in [0.15, 0.2) is 24.3 Å². The molecule has 0 saturated heterocycles. The molecule has 71 heavy (non-hydrogen) atoms. The van der Waals surface area contributed by atoms with Crippen molar-refractivity contribution in [2.45, 2.75) is 366 Å². The highest BCUT2D eigenvalue weighted by Gasteiger charge is 2.18. The van der Waals surface area contributed by atoms with Gasteiger partial charge in [-0.3, -0.25) is 9.59 Å². The fraction of sp³-hybridized carbons (Fsp3) is 0.908. The van der Waals surface area contributed by atoms with E-state index in [1.807, 2.05) is 6.08 Å². The second-order valence-electron chi connectivity index (χ2n) is 22.1.